The van der Waals surface area contributed by atoms with E-state index in [1.807, 2.05) is 42.1 Å². The van der Waals surface area contributed by atoms with Crippen molar-refractivity contribution in [2.24, 2.45) is 7.05 Å². The smallest absolute Gasteiger partial charge is 0.315 e. The Balaban J connectivity index is 1.31. The van der Waals surface area contributed by atoms with Gasteiger partial charge in [-0.05, 0) is 37.8 Å². The topological polar surface area (TPSA) is 85.1 Å². The molecule has 2 aliphatic rings. The molecule has 0 radical (unpaired) electrons. The van der Waals surface area contributed by atoms with Crippen LogP contribution in [0.3, 0.4) is 0 Å². The number of carbonyl (C=O) groups is 2. The Labute approximate surface area is 174 Å². The number of para-hydroxylation sites is 1. The molecule has 30 heavy (non-hydrogen) atoms. The third kappa shape index (κ3) is 3.18. The standard InChI is InChI=1S/C22H24N6O2/c1-26-20(17-9-5-6-10-18(17)25-26)24-21(29)22(30)27-12-11-19-15(14-27)13-23-28(19)16-7-3-2-4-8-16/h2-4,7-8,13H,5-6,9-12,14H2,1H3,(H,24,29). The zero-order valence-electron chi connectivity index (χ0n) is 17.0. The molecule has 154 valence electrons. The first-order valence-corrected chi connectivity index (χ1v) is 10.4. The first-order chi connectivity index (χ1) is 14.6. The Bertz CT molecular complexity index is 1110. The Morgan fingerprint density at radius 2 is 1.87 bits per heavy atom. The van der Waals surface area contributed by atoms with Gasteiger partial charge in [0, 0.05) is 37.7 Å². The maximum absolute atomic E-state index is 12.8. The lowest BCUT2D eigenvalue weighted by Crippen LogP contribution is -2.42. The molecule has 0 atom stereocenters. The summed E-state index contributed by atoms with van der Waals surface area (Å²) in [5, 5.41) is 11.8. The van der Waals surface area contributed by atoms with Crippen LogP contribution in [-0.2, 0) is 42.4 Å². The number of nitrogens with zero attached hydrogens (tertiary/aromatic N) is 5. The average molecular weight is 404 g/mol. The van der Waals surface area contributed by atoms with E-state index in [2.05, 4.69) is 15.5 Å². The van der Waals surface area contributed by atoms with E-state index in [4.69, 9.17) is 0 Å². The van der Waals surface area contributed by atoms with Crippen molar-refractivity contribution in [2.45, 2.75) is 38.6 Å². The minimum Gasteiger partial charge on any atom is -0.330 e. The van der Waals surface area contributed by atoms with Gasteiger partial charge in [0.05, 0.1) is 23.3 Å². The fourth-order valence-corrected chi connectivity index (χ4v) is 4.44. The van der Waals surface area contributed by atoms with Crippen molar-refractivity contribution >= 4 is 17.6 Å². The molecule has 0 spiro atoms. The number of fused-ring (bicyclic) bond motifs is 2. The van der Waals surface area contributed by atoms with Crippen LogP contribution >= 0.6 is 0 Å². The zero-order valence-corrected chi connectivity index (χ0v) is 17.0. The van der Waals surface area contributed by atoms with Crippen LogP contribution in [0.2, 0.25) is 0 Å². The number of aryl methyl sites for hydroxylation is 2. The van der Waals surface area contributed by atoms with E-state index in [9.17, 15) is 9.59 Å². The number of aromatic nitrogens is 4. The minimum absolute atomic E-state index is 0.387. The summed E-state index contributed by atoms with van der Waals surface area (Å²) in [6, 6.07) is 9.94. The average Bonchev–Trinajstić information content (AvgIpc) is 3.34. The van der Waals surface area contributed by atoms with Crippen LogP contribution in [-0.4, -0.2) is 42.8 Å². The summed E-state index contributed by atoms with van der Waals surface area (Å²) >= 11 is 0. The highest BCUT2D eigenvalue weighted by atomic mass is 16.2. The second kappa shape index (κ2) is 7.44. The molecule has 1 aromatic carbocycles. The van der Waals surface area contributed by atoms with Crippen molar-refractivity contribution in [2.75, 3.05) is 11.9 Å². The van der Waals surface area contributed by atoms with Crippen LogP contribution in [0.1, 0.15) is 35.4 Å². The van der Waals surface area contributed by atoms with Crippen LogP contribution in [0.25, 0.3) is 5.69 Å². The van der Waals surface area contributed by atoms with Crippen molar-refractivity contribution < 1.29 is 9.59 Å². The van der Waals surface area contributed by atoms with Gasteiger partial charge in [-0.1, -0.05) is 18.2 Å². The van der Waals surface area contributed by atoms with Gasteiger partial charge in [0.1, 0.15) is 5.82 Å². The monoisotopic (exact) mass is 404 g/mol. The van der Waals surface area contributed by atoms with Crippen LogP contribution in [0.15, 0.2) is 36.5 Å². The van der Waals surface area contributed by atoms with Crippen LogP contribution < -0.4 is 5.32 Å². The molecule has 1 aliphatic carbocycles. The number of benzene rings is 1. The highest BCUT2D eigenvalue weighted by molar-refractivity contribution is 6.39. The number of anilines is 1. The molecule has 3 heterocycles. The second-order valence-electron chi connectivity index (χ2n) is 7.90. The van der Waals surface area contributed by atoms with Crippen molar-refractivity contribution in [1.29, 1.82) is 0 Å². The predicted octanol–water partition coefficient (Wildman–Crippen LogP) is 2.01. The molecule has 5 rings (SSSR count). The van der Waals surface area contributed by atoms with Crippen molar-refractivity contribution in [3.8, 4) is 5.69 Å². The fourth-order valence-electron chi connectivity index (χ4n) is 4.44. The predicted molar refractivity (Wildman–Crippen MR) is 111 cm³/mol. The molecule has 1 aliphatic heterocycles. The summed E-state index contributed by atoms with van der Waals surface area (Å²) < 4.78 is 3.60. The molecule has 8 nitrogen and oxygen atoms in total. The number of hydrogen-bond donors (Lipinski definition) is 1. The molecule has 0 bridgehead atoms. The third-order valence-corrected chi connectivity index (χ3v) is 5.97. The Morgan fingerprint density at radius 1 is 1.07 bits per heavy atom. The zero-order chi connectivity index (χ0) is 20.7. The molecule has 0 unspecified atom stereocenters. The second-order valence-corrected chi connectivity index (χ2v) is 7.90. The van der Waals surface area contributed by atoms with Crippen LogP contribution in [0.4, 0.5) is 5.82 Å². The molecule has 2 amide bonds. The fraction of sp³-hybridized carbons (Fsp3) is 0.364. The lowest BCUT2D eigenvalue weighted by Gasteiger charge is -2.27. The molecule has 8 heteroatoms. The maximum Gasteiger partial charge on any atom is 0.315 e. The summed E-state index contributed by atoms with van der Waals surface area (Å²) in [5.41, 5.74) is 5.16. The van der Waals surface area contributed by atoms with E-state index in [-0.39, 0.29) is 0 Å². The SMILES string of the molecule is Cn1nc2c(c1NC(=O)C(=O)N1CCc3c(cnn3-c3ccccc3)C1)CCCC2. The van der Waals surface area contributed by atoms with Gasteiger partial charge in [0.25, 0.3) is 0 Å². The Morgan fingerprint density at radius 3 is 2.70 bits per heavy atom. The maximum atomic E-state index is 12.8. The van der Waals surface area contributed by atoms with Crippen molar-refractivity contribution in [3.63, 3.8) is 0 Å². The van der Waals surface area contributed by atoms with E-state index in [0.717, 1.165) is 53.9 Å². The largest absolute Gasteiger partial charge is 0.330 e. The summed E-state index contributed by atoms with van der Waals surface area (Å²) in [5.74, 6) is -0.471. The summed E-state index contributed by atoms with van der Waals surface area (Å²) in [6.07, 6.45) is 6.45. The van der Waals surface area contributed by atoms with Gasteiger partial charge in [-0.3, -0.25) is 14.3 Å². The number of nitrogens with one attached hydrogen (secondary N) is 1. The lowest BCUT2D eigenvalue weighted by atomic mass is 9.97. The summed E-state index contributed by atoms with van der Waals surface area (Å²) in [7, 11) is 1.81. The lowest BCUT2D eigenvalue weighted by molar-refractivity contribution is -0.143. The van der Waals surface area contributed by atoms with Crippen molar-refractivity contribution in [1.82, 2.24) is 24.5 Å². The molecule has 3 aromatic rings. The van der Waals surface area contributed by atoms with Gasteiger partial charge >= 0.3 is 11.8 Å². The highest BCUT2D eigenvalue weighted by Crippen LogP contribution is 2.27. The van der Waals surface area contributed by atoms with Gasteiger partial charge in [-0.25, -0.2) is 4.68 Å². The third-order valence-electron chi connectivity index (χ3n) is 5.97. The van der Waals surface area contributed by atoms with Gasteiger partial charge in [0.2, 0.25) is 0 Å². The van der Waals surface area contributed by atoms with Gasteiger partial charge in [0.15, 0.2) is 0 Å². The van der Waals surface area contributed by atoms with Gasteiger partial charge in [-0.2, -0.15) is 10.2 Å². The van der Waals surface area contributed by atoms with E-state index >= 15 is 0 Å². The Kier molecular flexibility index (Phi) is 4.61. The normalized spacial score (nSPS) is 15.4. The quantitative estimate of drug-likeness (QED) is 0.662. The van der Waals surface area contributed by atoms with Gasteiger partial charge < -0.3 is 10.2 Å². The number of carbonyl (C=O) groups excluding carboxylic acids is 2. The molecule has 1 N–H and O–H groups in total. The van der Waals surface area contributed by atoms with E-state index in [0.29, 0.717) is 25.3 Å². The molecule has 0 fully saturated rings. The first kappa shape index (κ1) is 18.6. The minimum atomic E-state index is -0.606. The van der Waals surface area contributed by atoms with Crippen LogP contribution in [0, 0.1) is 0 Å². The number of amides is 2. The van der Waals surface area contributed by atoms with E-state index in [1.165, 1.54) is 0 Å². The summed E-state index contributed by atoms with van der Waals surface area (Å²) in [4.78, 5) is 27.2. The molecular formula is C22H24N6O2. The Hall–Kier alpha value is -3.42. The molecular weight excluding hydrogens is 380 g/mol. The first-order valence-electron chi connectivity index (χ1n) is 10.4. The molecule has 2 aromatic heterocycles. The number of rotatable bonds is 2. The van der Waals surface area contributed by atoms with E-state index < -0.39 is 11.8 Å². The van der Waals surface area contributed by atoms with E-state index in [1.54, 1.807) is 15.8 Å². The highest BCUT2D eigenvalue weighted by Gasteiger charge is 2.30. The molecule has 0 saturated carbocycles. The number of hydrogen-bond acceptors (Lipinski definition) is 4. The van der Waals surface area contributed by atoms with Crippen LogP contribution in [0.5, 0.6) is 0 Å². The summed E-state index contributed by atoms with van der Waals surface area (Å²) in [6.45, 7) is 0.874. The van der Waals surface area contributed by atoms with Crippen molar-refractivity contribution in [3.05, 3.63) is 59.0 Å². The van der Waals surface area contributed by atoms with Gasteiger partial charge in [-0.15, -0.1) is 0 Å². The molecule has 0 saturated heterocycles.